The van der Waals surface area contributed by atoms with Gasteiger partial charge in [-0.3, -0.25) is 0 Å². The zero-order valence-corrected chi connectivity index (χ0v) is 14.8. The van der Waals surface area contributed by atoms with Gasteiger partial charge in [-0.1, -0.05) is 26.8 Å². The second-order valence-corrected chi connectivity index (χ2v) is 8.36. The van der Waals surface area contributed by atoms with Crippen LogP contribution in [0, 0.1) is 0 Å². The first-order valence-corrected chi connectivity index (χ1v) is 8.92. The summed E-state index contributed by atoms with van der Waals surface area (Å²) in [5.74, 6) is 0. The third kappa shape index (κ3) is 5.77. The molecule has 1 rings (SSSR count). The molecule has 0 amide bonds. The quantitative estimate of drug-likeness (QED) is 0.849. The topological polar surface area (TPSA) is 58.2 Å². The molecule has 0 spiro atoms. The Hall–Kier alpha value is -0.910. The van der Waals surface area contributed by atoms with Crippen molar-refractivity contribution < 1.29 is 8.42 Å². The minimum Gasteiger partial charge on any atom is -0.310 e. The van der Waals surface area contributed by atoms with Gasteiger partial charge in [-0.15, -0.1) is 0 Å². The normalized spacial score (nSPS) is 12.9. The lowest BCUT2D eigenvalue weighted by atomic mass is 10.1. The number of hydrogen-bond acceptors (Lipinski definition) is 3. The fourth-order valence-corrected chi connectivity index (χ4v) is 3.52. The van der Waals surface area contributed by atoms with Crippen LogP contribution < -0.4 is 10.0 Å². The molecule has 0 unspecified atom stereocenters. The van der Waals surface area contributed by atoms with E-state index >= 15 is 0 Å². The molecule has 0 radical (unpaired) electrons. The van der Waals surface area contributed by atoms with Gasteiger partial charge < -0.3 is 5.32 Å². The monoisotopic (exact) mass is 312 g/mol. The minimum atomic E-state index is -3.48. The molecule has 120 valence electrons. The Bertz CT molecular complexity index is 572. The number of rotatable bonds is 6. The smallest absolute Gasteiger partial charge is 0.241 e. The Morgan fingerprint density at radius 1 is 1.14 bits per heavy atom. The van der Waals surface area contributed by atoms with Crippen molar-refractivity contribution in [3.63, 3.8) is 0 Å². The van der Waals surface area contributed by atoms with Crippen LogP contribution >= 0.6 is 0 Å². The average Bonchev–Trinajstić information content (AvgIpc) is 2.33. The van der Waals surface area contributed by atoms with Crippen molar-refractivity contribution in [1.82, 2.24) is 10.0 Å². The minimum absolute atomic E-state index is 0.329. The van der Waals surface area contributed by atoms with Crippen molar-refractivity contribution in [3.05, 3.63) is 29.3 Å². The molecule has 2 N–H and O–H groups in total. The fourth-order valence-electron chi connectivity index (χ4n) is 2.06. The summed E-state index contributed by atoms with van der Waals surface area (Å²) < 4.78 is 27.5. The van der Waals surface area contributed by atoms with Gasteiger partial charge in [0, 0.05) is 18.1 Å². The Balaban J connectivity index is 3.12. The molecule has 21 heavy (non-hydrogen) atoms. The molecule has 0 saturated heterocycles. The molecule has 0 fully saturated rings. The van der Waals surface area contributed by atoms with Gasteiger partial charge in [-0.2, -0.15) is 0 Å². The molecule has 1 aromatic carbocycles. The molecule has 4 nitrogen and oxygen atoms in total. The van der Waals surface area contributed by atoms with Crippen LogP contribution in [0.25, 0.3) is 0 Å². The summed E-state index contributed by atoms with van der Waals surface area (Å²) in [6, 6.07) is 5.74. The van der Waals surface area contributed by atoms with Gasteiger partial charge in [0.2, 0.25) is 10.0 Å². The van der Waals surface area contributed by atoms with E-state index in [-0.39, 0.29) is 0 Å². The van der Waals surface area contributed by atoms with E-state index < -0.39 is 15.6 Å². The van der Waals surface area contributed by atoms with E-state index in [0.29, 0.717) is 17.5 Å². The molecule has 0 atom stereocenters. The lowest BCUT2D eigenvalue weighted by Crippen LogP contribution is -2.40. The first kappa shape index (κ1) is 18.1. The average molecular weight is 312 g/mol. The molecular weight excluding hydrogens is 284 g/mol. The van der Waals surface area contributed by atoms with E-state index in [1.807, 2.05) is 26.8 Å². The van der Waals surface area contributed by atoms with Gasteiger partial charge in [0.15, 0.2) is 0 Å². The first-order chi connectivity index (χ1) is 9.55. The molecule has 0 aliphatic carbocycles. The largest absolute Gasteiger partial charge is 0.310 e. The highest BCUT2D eigenvalue weighted by Gasteiger charge is 2.22. The summed E-state index contributed by atoms with van der Waals surface area (Å²) in [6.07, 6.45) is 0.891. The number of aryl methyl sites for hydroxylation is 1. The van der Waals surface area contributed by atoms with E-state index in [1.54, 1.807) is 12.1 Å². The Kier molecular flexibility index (Phi) is 5.96. The van der Waals surface area contributed by atoms with Crippen molar-refractivity contribution in [3.8, 4) is 0 Å². The number of sulfonamides is 1. The Morgan fingerprint density at radius 3 is 2.24 bits per heavy atom. The molecule has 0 heterocycles. The van der Waals surface area contributed by atoms with Crippen LogP contribution in [0.3, 0.4) is 0 Å². The van der Waals surface area contributed by atoms with Crippen LogP contribution in [0.5, 0.6) is 0 Å². The fraction of sp³-hybridized carbons (Fsp3) is 0.625. The van der Waals surface area contributed by atoms with Crippen LogP contribution in [-0.2, 0) is 23.0 Å². The van der Waals surface area contributed by atoms with E-state index in [1.165, 1.54) is 5.56 Å². The maximum atomic E-state index is 12.4. The van der Waals surface area contributed by atoms with Gasteiger partial charge >= 0.3 is 0 Å². The molecular formula is C16H28N2O2S. The highest BCUT2D eigenvalue weighted by molar-refractivity contribution is 7.89. The molecule has 1 aromatic rings. The summed E-state index contributed by atoms with van der Waals surface area (Å²) in [5.41, 5.74) is 1.74. The number of benzene rings is 1. The number of hydrogen-bond donors (Lipinski definition) is 2. The highest BCUT2D eigenvalue weighted by atomic mass is 32.2. The van der Waals surface area contributed by atoms with E-state index in [9.17, 15) is 8.42 Å². The predicted octanol–water partition coefficient (Wildman–Crippen LogP) is 2.82. The predicted molar refractivity (Wildman–Crippen MR) is 87.9 cm³/mol. The first-order valence-electron chi connectivity index (χ1n) is 7.44. The van der Waals surface area contributed by atoms with Crippen LogP contribution in [-0.4, -0.2) is 20.0 Å². The van der Waals surface area contributed by atoms with Crippen molar-refractivity contribution in [1.29, 1.82) is 0 Å². The lowest BCUT2D eigenvalue weighted by Gasteiger charge is -2.21. The second kappa shape index (κ2) is 6.90. The number of nitrogens with one attached hydrogen (secondary N) is 2. The van der Waals surface area contributed by atoms with Crippen molar-refractivity contribution in [2.24, 2.45) is 0 Å². The van der Waals surface area contributed by atoms with Crippen LogP contribution in [0.4, 0.5) is 0 Å². The van der Waals surface area contributed by atoms with Crippen molar-refractivity contribution in [2.75, 3.05) is 0 Å². The standard InChI is InChI=1S/C16H28N2O2S/c1-7-13-8-9-15(10-14(13)11-17-12(2)3)21(19,20)18-16(4,5)6/h8-10,12,17-18H,7,11H2,1-6H3. The lowest BCUT2D eigenvalue weighted by molar-refractivity contribution is 0.491. The maximum absolute atomic E-state index is 12.4. The van der Waals surface area contributed by atoms with Crippen LogP contribution in [0.1, 0.15) is 52.7 Å². The summed E-state index contributed by atoms with van der Waals surface area (Å²) in [6.45, 7) is 12.4. The molecule has 0 bridgehead atoms. The van der Waals surface area contributed by atoms with Crippen LogP contribution in [0.15, 0.2) is 23.1 Å². The molecule has 0 aliphatic heterocycles. The molecule has 0 aliphatic rings. The van der Waals surface area contributed by atoms with Crippen molar-refractivity contribution >= 4 is 10.0 Å². The van der Waals surface area contributed by atoms with E-state index in [4.69, 9.17) is 0 Å². The van der Waals surface area contributed by atoms with E-state index in [2.05, 4.69) is 30.8 Å². The SMILES string of the molecule is CCc1ccc(S(=O)(=O)NC(C)(C)C)cc1CNC(C)C. The highest BCUT2D eigenvalue weighted by Crippen LogP contribution is 2.18. The van der Waals surface area contributed by atoms with E-state index in [0.717, 1.165) is 12.0 Å². The van der Waals surface area contributed by atoms with Crippen LogP contribution in [0.2, 0.25) is 0 Å². The Labute approximate surface area is 129 Å². The molecule has 0 saturated carbocycles. The second-order valence-electron chi connectivity index (χ2n) is 6.68. The summed E-state index contributed by atoms with van der Waals surface area (Å²) in [7, 11) is -3.48. The summed E-state index contributed by atoms with van der Waals surface area (Å²) in [4.78, 5) is 0.329. The zero-order valence-electron chi connectivity index (χ0n) is 13.9. The molecule has 5 heteroatoms. The maximum Gasteiger partial charge on any atom is 0.241 e. The van der Waals surface area contributed by atoms with Crippen molar-refractivity contribution in [2.45, 2.75) is 71.0 Å². The van der Waals surface area contributed by atoms with Gasteiger partial charge in [-0.05, 0) is 50.5 Å². The third-order valence-electron chi connectivity index (χ3n) is 3.01. The van der Waals surface area contributed by atoms with Gasteiger partial charge in [-0.25, -0.2) is 13.1 Å². The van der Waals surface area contributed by atoms with Gasteiger partial charge in [0.25, 0.3) is 0 Å². The zero-order chi connectivity index (χ0) is 16.3. The van der Waals surface area contributed by atoms with Gasteiger partial charge in [0.1, 0.15) is 0 Å². The molecule has 0 aromatic heterocycles. The Morgan fingerprint density at radius 2 is 1.76 bits per heavy atom. The summed E-state index contributed by atoms with van der Waals surface area (Å²) in [5, 5.41) is 3.35. The van der Waals surface area contributed by atoms with Gasteiger partial charge in [0.05, 0.1) is 4.90 Å². The summed E-state index contributed by atoms with van der Waals surface area (Å²) >= 11 is 0. The third-order valence-corrected chi connectivity index (χ3v) is 4.77.